The highest BCUT2D eigenvalue weighted by atomic mass is 32.1. The summed E-state index contributed by atoms with van der Waals surface area (Å²) in [5, 5.41) is 21.4. The molecule has 2 aromatic carbocycles. The molecular formula is C34H36FN5O4S. The zero-order chi connectivity index (χ0) is 31.2. The van der Waals surface area contributed by atoms with Gasteiger partial charge in [0.15, 0.2) is 0 Å². The Morgan fingerprint density at radius 1 is 1.07 bits per heavy atom. The SMILES string of the molecule is C=CC(=O)NC1CC[C@@H](C(=O)NCCOCCOc2cc(F)ccc2-c2nnc(-c3ccc4c(c3)CCNC4)c3ccsc23)C1. The summed E-state index contributed by atoms with van der Waals surface area (Å²) in [5.41, 5.74) is 5.80. The van der Waals surface area contributed by atoms with Crippen LogP contribution in [0.4, 0.5) is 4.39 Å². The first-order chi connectivity index (χ1) is 22.0. The minimum Gasteiger partial charge on any atom is -0.490 e. The molecule has 0 bridgehead atoms. The van der Waals surface area contributed by atoms with Crippen LogP contribution < -0.4 is 20.7 Å². The van der Waals surface area contributed by atoms with Gasteiger partial charge >= 0.3 is 0 Å². The van der Waals surface area contributed by atoms with E-state index in [1.54, 1.807) is 17.4 Å². The average molecular weight is 630 g/mol. The Morgan fingerprint density at radius 3 is 2.84 bits per heavy atom. The van der Waals surface area contributed by atoms with E-state index >= 15 is 0 Å². The molecule has 2 atom stereocenters. The van der Waals surface area contributed by atoms with Crippen molar-refractivity contribution in [3.8, 4) is 28.3 Å². The number of rotatable bonds is 12. The number of thiophene rings is 1. The van der Waals surface area contributed by atoms with E-state index < -0.39 is 5.82 Å². The average Bonchev–Trinajstić information content (AvgIpc) is 3.74. The summed E-state index contributed by atoms with van der Waals surface area (Å²) in [4.78, 5) is 24.0. The highest BCUT2D eigenvalue weighted by molar-refractivity contribution is 7.17. The van der Waals surface area contributed by atoms with E-state index in [4.69, 9.17) is 9.47 Å². The number of hydrogen-bond donors (Lipinski definition) is 3. The van der Waals surface area contributed by atoms with E-state index in [2.05, 4.69) is 57.0 Å². The van der Waals surface area contributed by atoms with Crippen LogP contribution in [0.1, 0.15) is 30.4 Å². The largest absolute Gasteiger partial charge is 0.490 e. The van der Waals surface area contributed by atoms with E-state index in [9.17, 15) is 14.0 Å². The number of carbonyl (C=O) groups is 2. The minimum absolute atomic E-state index is 0.000704. The van der Waals surface area contributed by atoms with Crippen LogP contribution in [0.5, 0.6) is 5.75 Å². The summed E-state index contributed by atoms with van der Waals surface area (Å²) in [5.74, 6) is -0.426. The maximum absolute atomic E-state index is 14.3. The van der Waals surface area contributed by atoms with Gasteiger partial charge < -0.3 is 25.4 Å². The third-order valence-corrected chi connectivity index (χ3v) is 9.24. The molecular weight excluding hydrogens is 593 g/mol. The second-order valence-electron chi connectivity index (χ2n) is 11.3. The topological polar surface area (TPSA) is 114 Å². The number of ether oxygens (including phenoxy) is 2. The van der Waals surface area contributed by atoms with E-state index in [1.165, 1.54) is 29.3 Å². The summed E-state index contributed by atoms with van der Waals surface area (Å²) in [6.07, 6.45) is 4.35. The fourth-order valence-electron chi connectivity index (χ4n) is 6.02. The van der Waals surface area contributed by atoms with Crippen molar-refractivity contribution in [3.05, 3.63) is 77.4 Å². The zero-order valence-corrected chi connectivity index (χ0v) is 25.8. The van der Waals surface area contributed by atoms with E-state index in [1.807, 2.05) is 5.38 Å². The second kappa shape index (κ2) is 14.3. The van der Waals surface area contributed by atoms with Gasteiger partial charge in [-0.3, -0.25) is 9.59 Å². The molecule has 1 fully saturated rings. The molecule has 1 unspecified atom stereocenters. The van der Waals surface area contributed by atoms with Crippen molar-refractivity contribution in [3.63, 3.8) is 0 Å². The zero-order valence-electron chi connectivity index (χ0n) is 24.9. The minimum atomic E-state index is -0.411. The Bertz CT molecular complexity index is 1710. The van der Waals surface area contributed by atoms with Gasteiger partial charge in [-0.15, -0.1) is 21.5 Å². The number of nitrogens with one attached hydrogen (secondary N) is 3. The number of aromatic nitrogens is 2. The van der Waals surface area contributed by atoms with Crippen LogP contribution in [0.3, 0.4) is 0 Å². The molecule has 0 radical (unpaired) electrons. The fraction of sp³-hybridized carbons (Fsp3) is 0.353. The molecule has 2 amide bonds. The highest BCUT2D eigenvalue weighted by Crippen LogP contribution is 2.39. The molecule has 9 nitrogen and oxygen atoms in total. The molecule has 4 aromatic rings. The molecule has 234 valence electrons. The van der Waals surface area contributed by atoms with Crippen molar-refractivity contribution in [2.75, 3.05) is 32.9 Å². The number of fused-ring (bicyclic) bond motifs is 2. The Hall–Kier alpha value is -4.19. The van der Waals surface area contributed by atoms with Gasteiger partial charge in [-0.05, 0) is 79.1 Å². The molecule has 2 aliphatic rings. The van der Waals surface area contributed by atoms with Crippen LogP contribution in [0, 0.1) is 11.7 Å². The number of hydrogen-bond acceptors (Lipinski definition) is 8. The van der Waals surface area contributed by atoms with Crippen molar-refractivity contribution in [2.45, 2.75) is 38.3 Å². The number of carbonyl (C=O) groups excluding carboxylic acids is 2. The molecule has 1 saturated carbocycles. The van der Waals surface area contributed by atoms with Gasteiger partial charge in [0.2, 0.25) is 11.8 Å². The van der Waals surface area contributed by atoms with Crippen LogP contribution in [-0.4, -0.2) is 61.0 Å². The van der Waals surface area contributed by atoms with Gasteiger partial charge in [-0.1, -0.05) is 18.7 Å². The number of nitrogens with zero attached hydrogens (tertiary/aromatic N) is 2. The van der Waals surface area contributed by atoms with Crippen LogP contribution in [-0.2, 0) is 27.3 Å². The van der Waals surface area contributed by atoms with Crippen LogP contribution in [0.25, 0.3) is 32.6 Å². The lowest BCUT2D eigenvalue weighted by Crippen LogP contribution is -2.35. The molecule has 2 aromatic heterocycles. The Labute approximate surface area is 265 Å². The Morgan fingerprint density at radius 2 is 1.96 bits per heavy atom. The van der Waals surface area contributed by atoms with Gasteiger partial charge in [0.25, 0.3) is 0 Å². The van der Waals surface area contributed by atoms with Crippen LogP contribution >= 0.6 is 11.3 Å². The quantitative estimate of drug-likeness (QED) is 0.153. The van der Waals surface area contributed by atoms with E-state index in [0.717, 1.165) is 53.7 Å². The van der Waals surface area contributed by atoms with Gasteiger partial charge in [0.05, 0.1) is 17.9 Å². The Balaban J connectivity index is 1.04. The summed E-state index contributed by atoms with van der Waals surface area (Å²) >= 11 is 1.57. The predicted octanol–water partition coefficient (Wildman–Crippen LogP) is 4.79. The molecule has 3 heterocycles. The first-order valence-corrected chi connectivity index (χ1v) is 16.2. The first-order valence-electron chi connectivity index (χ1n) is 15.3. The summed E-state index contributed by atoms with van der Waals surface area (Å²) < 4.78 is 26.9. The lowest BCUT2D eigenvalue weighted by Gasteiger charge is -2.18. The van der Waals surface area contributed by atoms with Gasteiger partial charge in [0, 0.05) is 47.6 Å². The van der Waals surface area contributed by atoms with Crippen molar-refractivity contribution in [1.29, 1.82) is 0 Å². The normalized spacial score (nSPS) is 17.5. The standard InChI is InChI=1S/C34H36FN5O4S/c1-2-30(41)38-26-7-5-23(18-26)34(42)37-12-13-43-14-15-44-29-19-25(35)6-8-27(29)32-33-28(10-16-45-33)31(39-40-32)22-3-4-24-20-36-11-9-21(24)17-22/h2-4,6,8,10,16-17,19,23,26,36H,1,5,7,9,11-15,18,20H2,(H,37,42)(H,38,41)/t23-,26?/m1/s1. The molecule has 1 aliphatic heterocycles. The van der Waals surface area contributed by atoms with E-state index in [0.29, 0.717) is 36.6 Å². The number of halogens is 1. The predicted molar refractivity (Wildman–Crippen MR) is 172 cm³/mol. The Kier molecular flexibility index (Phi) is 9.78. The third-order valence-electron chi connectivity index (χ3n) is 8.32. The van der Waals surface area contributed by atoms with Crippen molar-refractivity contribution in [2.24, 2.45) is 5.92 Å². The summed E-state index contributed by atoms with van der Waals surface area (Å²) in [6, 6.07) is 12.9. The van der Waals surface area contributed by atoms with Gasteiger partial charge in [0.1, 0.15) is 29.6 Å². The van der Waals surface area contributed by atoms with Crippen LogP contribution in [0.2, 0.25) is 0 Å². The molecule has 11 heteroatoms. The van der Waals surface area contributed by atoms with Crippen molar-refractivity contribution in [1.82, 2.24) is 26.1 Å². The monoisotopic (exact) mass is 629 g/mol. The third kappa shape index (κ3) is 7.22. The van der Waals surface area contributed by atoms with Crippen molar-refractivity contribution < 1.29 is 23.5 Å². The fourth-order valence-corrected chi connectivity index (χ4v) is 6.91. The lowest BCUT2D eigenvalue weighted by molar-refractivity contribution is -0.125. The van der Waals surface area contributed by atoms with Gasteiger partial charge in [-0.2, -0.15) is 0 Å². The van der Waals surface area contributed by atoms with Crippen molar-refractivity contribution >= 4 is 33.2 Å². The molecule has 6 rings (SSSR count). The lowest BCUT2D eigenvalue weighted by atomic mass is 9.96. The molecule has 0 spiro atoms. The smallest absolute Gasteiger partial charge is 0.243 e. The number of benzene rings is 2. The molecule has 1 aliphatic carbocycles. The molecule has 0 saturated heterocycles. The maximum atomic E-state index is 14.3. The first kappa shape index (κ1) is 30.8. The molecule has 3 N–H and O–H groups in total. The highest BCUT2D eigenvalue weighted by Gasteiger charge is 2.30. The van der Waals surface area contributed by atoms with Crippen LogP contribution in [0.15, 0.2) is 60.5 Å². The summed E-state index contributed by atoms with van der Waals surface area (Å²) in [7, 11) is 0. The second-order valence-corrected chi connectivity index (χ2v) is 12.2. The maximum Gasteiger partial charge on any atom is 0.243 e. The number of amides is 2. The van der Waals surface area contributed by atoms with Gasteiger partial charge in [-0.25, -0.2) is 4.39 Å². The summed E-state index contributed by atoms with van der Waals surface area (Å²) in [6.45, 7) is 6.44. The van der Waals surface area contributed by atoms with E-state index in [-0.39, 0.29) is 37.0 Å². The molecule has 45 heavy (non-hydrogen) atoms.